The molecule has 0 saturated carbocycles. The highest BCUT2D eigenvalue weighted by atomic mass is 15.2. The number of nitrogens with two attached hydrogens (primary N) is 1. The molecule has 0 spiro atoms. The lowest BCUT2D eigenvalue weighted by Gasteiger charge is -2.40. The van der Waals surface area contributed by atoms with Crippen LogP contribution in [-0.4, -0.2) is 18.6 Å². The molecule has 0 heterocycles. The molecular formula is C14H24N2. The summed E-state index contributed by atoms with van der Waals surface area (Å²) in [5, 5.41) is 0. The molecule has 0 saturated heterocycles. The first-order valence-corrected chi connectivity index (χ1v) is 6.14. The Bertz CT molecular complexity index is 293. The van der Waals surface area contributed by atoms with Gasteiger partial charge in [-0.15, -0.1) is 0 Å². The molecule has 0 unspecified atom stereocenters. The van der Waals surface area contributed by atoms with Crippen molar-refractivity contribution < 1.29 is 0 Å². The average molecular weight is 220 g/mol. The van der Waals surface area contributed by atoms with Crippen molar-refractivity contribution in [3.8, 4) is 0 Å². The third-order valence-corrected chi connectivity index (χ3v) is 3.03. The van der Waals surface area contributed by atoms with E-state index in [0.29, 0.717) is 6.54 Å². The Morgan fingerprint density at radius 2 is 1.81 bits per heavy atom. The first kappa shape index (κ1) is 13.0. The van der Waals surface area contributed by atoms with Crippen LogP contribution in [0, 0.1) is 0 Å². The van der Waals surface area contributed by atoms with E-state index in [1.54, 1.807) is 0 Å². The average Bonchev–Trinajstić information content (AvgIpc) is 2.31. The minimum Gasteiger partial charge on any atom is -0.365 e. The standard InChI is InChI=1S/C14H24N2/c1-4-5-11-16(14(2,3)12-15)13-9-7-6-8-10-13/h6-10H,4-5,11-12,15H2,1-3H3. The topological polar surface area (TPSA) is 29.3 Å². The van der Waals surface area contributed by atoms with Gasteiger partial charge in [-0.1, -0.05) is 31.5 Å². The summed E-state index contributed by atoms with van der Waals surface area (Å²) >= 11 is 0. The molecule has 1 aromatic carbocycles. The van der Waals surface area contributed by atoms with E-state index in [2.05, 4.69) is 56.0 Å². The van der Waals surface area contributed by atoms with Crippen molar-refractivity contribution in [2.24, 2.45) is 5.73 Å². The van der Waals surface area contributed by atoms with Gasteiger partial charge in [-0.25, -0.2) is 0 Å². The maximum absolute atomic E-state index is 5.87. The van der Waals surface area contributed by atoms with Crippen molar-refractivity contribution in [3.05, 3.63) is 30.3 Å². The van der Waals surface area contributed by atoms with Gasteiger partial charge in [0.25, 0.3) is 0 Å². The second-order valence-electron chi connectivity index (χ2n) is 4.86. The number of rotatable bonds is 6. The van der Waals surface area contributed by atoms with Gasteiger partial charge >= 0.3 is 0 Å². The molecule has 0 fully saturated rings. The lowest BCUT2D eigenvalue weighted by Crippen LogP contribution is -2.50. The van der Waals surface area contributed by atoms with Crippen molar-refractivity contribution in [1.29, 1.82) is 0 Å². The molecule has 0 aromatic heterocycles. The minimum atomic E-state index is 0.0243. The van der Waals surface area contributed by atoms with Crippen molar-refractivity contribution in [3.63, 3.8) is 0 Å². The van der Waals surface area contributed by atoms with Crippen molar-refractivity contribution in [2.45, 2.75) is 39.2 Å². The number of benzene rings is 1. The zero-order valence-electron chi connectivity index (χ0n) is 10.7. The molecule has 16 heavy (non-hydrogen) atoms. The van der Waals surface area contributed by atoms with E-state index in [0.717, 1.165) is 6.54 Å². The Kier molecular flexibility index (Phi) is 4.81. The number of unbranched alkanes of at least 4 members (excludes halogenated alkanes) is 1. The largest absolute Gasteiger partial charge is 0.365 e. The van der Waals surface area contributed by atoms with Crippen LogP contribution in [0.2, 0.25) is 0 Å². The molecule has 0 bridgehead atoms. The maximum atomic E-state index is 5.87. The Hall–Kier alpha value is -1.02. The fourth-order valence-electron chi connectivity index (χ4n) is 1.82. The molecular weight excluding hydrogens is 196 g/mol. The van der Waals surface area contributed by atoms with Gasteiger partial charge in [0, 0.05) is 24.3 Å². The van der Waals surface area contributed by atoms with E-state index < -0.39 is 0 Å². The van der Waals surface area contributed by atoms with Crippen LogP contribution >= 0.6 is 0 Å². The summed E-state index contributed by atoms with van der Waals surface area (Å²) < 4.78 is 0. The number of hydrogen-bond donors (Lipinski definition) is 1. The summed E-state index contributed by atoms with van der Waals surface area (Å²) in [7, 11) is 0. The molecule has 0 aliphatic carbocycles. The van der Waals surface area contributed by atoms with Gasteiger partial charge < -0.3 is 10.6 Å². The van der Waals surface area contributed by atoms with Crippen LogP contribution in [0.1, 0.15) is 33.6 Å². The number of para-hydroxylation sites is 1. The number of nitrogens with zero attached hydrogens (tertiary/aromatic N) is 1. The van der Waals surface area contributed by atoms with Gasteiger partial charge in [0.2, 0.25) is 0 Å². The Balaban J connectivity index is 2.87. The lowest BCUT2D eigenvalue weighted by atomic mass is 10.0. The molecule has 0 radical (unpaired) electrons. The molecule has 2 heteroatoms. The van der Waals surface area contributed by atoms with E-state index in [1.165, 1.54) is 18.5 Å². The zero-order valence-corrected chi connectivity index (χ0v) is 10.7. The van der Waals surface area contributed by atoms with Crippen LogP contribution in [0.3, 0.4) is 0 Å². The van der Waals surface area contributed by atoms with E-state index in [4.69, 9.17) is 5.73 Å². The van der Waals surface area contributed by atoms with E-state index in [1.807, 2.05) is 0 Å². The van der Waals surface area contributed by atoms with Gasteiger partial charge in [0.1, 0.15) is 0 Å². The predicted molar refractivity (Wildman–Crippen MR) is 71.8 cm³/mol. The first-order chi connectivity index (χ1) is 7.61. The normalized spacial score (nSPS) is 11.5. The highest BCUT2D eigenvalue weighted by molar-refractivity contribution is 5.48. The third-order valence-electron chi connectivity index (χ3n) is 3.03. The summed E-state index contributed by atoms with van der Waals surface area (Å²) in [6.07, 6.45) is 2.42. The molecule has 1 rings (SSSR count). The fourth-order valence-corrected chi connectivity index (χ4v) is 1.82. The number of hydrogen-bond acceptors (Lipinski definition) is 2. The van der Waals surface area contributed by atoms with Gasteiger partial charge in [0.15, 0.2) is 0 Å². The van der Waals surface area contributed by atoms with Crippen LogP contribution in [0.5, 0.6) is 0 Å². The third kappa shape index (κ3) is 3.24. The summed E-state index contributed by atoms with van der Waals surface area (Å²) in [5.74, 6) is 0. The molecule has 0 atom stereocenters. The van der Waals surface area contributed by atoms with Crippen LogP contribution < -0.4 is 10.6 Å². The van der Waals surface area contributed by atoms with Crippen molar-refractivity contribution in [1.82, 2.24) is 0 Å². The Morgan fingerprint density at radius 1 is 1.19 bits per heavy atom. The molecule has 2 nitrogen and oxygen atoms in total. The summed E-state index contributed by atoms with van der Waals surface area (Å²) in [6, 6.07) is 10.5. The zero-order chi connectivity index (χ0) is 12.0. The molecule has 0 aliphatic rings. The first-order valence-electron chi connectivity index (χ1n) is 6.14. The SMILES string of the molecule is CCCCN(c1ccccc1)C(C)(C)CN. The monoisotopic (exact) mass is 220 g/mol. The fraction of sp³-hybridized carbons (Fsp3) is 0.571. The lowest BCUT2D eigenvalue weighted by molar-refractivity contribution is 0.463. The quantitative estimate of drug-likeness (QED) is 0.798. The van der Waals surface area contributed by atoms with Gasteiger partial charge in [-0.2, -0.15) is 0 Å². The number of anilines is 1. The predicted octanol–water partition coefficient (Wildman–Crippen LogP) is 3.03. The molecule has 90 valence electrons. The van der Waals surface area contributed by atoms with E-state index >= 15 is 0 Å². The van der Waals surface area contributed by atoms with Crippen LogP contribution in [0.25, 0.3) is 0 Å². The van der Waals surface area contributed by atoms with Crippen LogP contribution in [-0.2, 0) is 0 Å². The van der Waals surface area contributed by atoms with Crippen molar-refractivity contribution >= 4 is 5.69 Å². The smallest absolute Gasteiger partial charge is 0.0468 e. The van der Waals surface area contributed by atoms with Gasteiger partial charge in [-0.05, 0) is 32.4 Å². The maximum Gasteiger partial charge on any atom is 0.0468 e. The second-order valence-corrected chi connectivity index (χ2v) is 4.86. The highest BCUT2D eigenvalue weighted by Crippen LogP contribution is 2.23. The van der Waals surface area contributed by atoms with Crippen molar-refractivity contribution in [2.75, 3.05) is 18.0 Å². The molecule has 1 aromatic rings. The summed E-state index contributed by atoms with van der Waals surface area (Å²) in [6.45, 7) is 8.38. The van der Waals surface area contributed by atoms with Crippen LogP contribution in [0.4, 0.5) is 5.69 Å². The highest BCUT2D eigenvalue weighted by Gasteiger charge is 2.24. The van der Waals surface area contributed by atoms with E-state index in [-0.39, 0.29) is 5.54 Å². The molecule has 0 aliphatic heterocycles. The minimum absolute atomic E-state index is 0.0243. The van der Waals surface area contributed by atoms with E-state index in [9.17, 15) is 0 Å². The van der Waals surface area contributed by atoms with Gasteiger partial charge in [-0.3, -0.25) is 0 Å². The van der Waals surface area contributed by atoms with Crippen LogP contribution in [0.15, 0.2) is 30.3 Å². The molecule has 0 amide bonds. The van der Waals surface area contributed by atoms with Gasteiger partial charge in [0.05, 0.1) is 0 Å². The Labute approximate surface area is 99.5 Å². The Morgan fingerprint density at radius 3 is 2.31 bits per heavy atom. The molecule has 2 N–H and O–H groups in total. The second kappa shape index (κ2) is 5.90. The summed E-state index contributed by atoms with van der Waals surface area (Å²) in [5.41, 5.74) is 7.17. The summed E-state index contributed by atoms with van der Waals surface area (Å²) in [4.78, 5) is 2.41.